The predicted molar refractivity (Wildman–Crippen MR) is 78.3 cm³/mol. The monoisotopic (exact) mass is 308 g/mol. The van der Waals surface area contributed by atoms with Crippen LogP contribution in [0.25, 0.3) is 0 Å². The topological polar surface area (TPSA) is 107 Å². The van der Waals surface area contributed by atoms with E-state index in [4.69, 9.17) is 10.5 Å². The van der Waals surface area contributed by atoms with Crippen molar-refractivity contribution in [2.75, 3.05) is 19.4 Å². The van der Waals surface area contributed by atoms with Crippen molar-refractivity contribution in [1.29, 1.82) is 0 Å². The molecule has 7 nitrogen and oxygen atoms in total. The molecular formula is C13H16N4O3S. The molecule has 112 valence electrons. The molecule has 0 unspecified atom stereocenters. The molecule has 1 aromatic carbocycles. The molecule has 0 radical (unpaired) electrons. The second kappa shape index (κ2) is 6.51. The number of hydrogen-bond donors (Lipinski definition) is 2. The standard InChI is InChI=1S/C13H16N4O3S/c1-20-11-4-2-10(3-5-11)6-7-17-21(18,19)12-8-15-13(14)16-9-12/h2-5,8-9,17H,6-7H2,1H3,(H2,14,15,16). The van der Waals surface area contributed by atoms with Crippen LogP contribution in [-0.2, 0) is 16.4 Å². The van der Waals surface area contributed by atoms with Gasteiger partial charge in [-0.1, -0.05) is 12.1 Å². The van der Waals surface area contributed by atoms with E-state index < -0.39 is 10.0 Å². The van der Waals surface area contributed by atoms with Crippen LogP contribution >= 0.6 is 0 Å². The van der Waals surface area contributed by atoms with Gasteiger partial charge >= 0.3 is 0 Å². The van der Waals surface area contributed by atoms with Gasteiger partial charge in [0.15, 0.2) is 0 Å². The summed E-state index contributed by atoms with van der Waals surface area (Å²) in [6.45, 7) is 0.277. The van der Waals surface area contributed by atoms with Crippen LogP contribution in [0.1, 0.15) is 5.56 Å². The number of nitrogens with zero attached hydrogens (tertiary/aromatic N) is 2. The van der Waals surface area contributed by atoms with Crippen molar-refractivity contribution in [3.8, 4) is 5.75 Å². The van der Waals surface area contributed by atoms with Gasteiger partial charge < -0.3 is 10.5 Å². The maximum absolute atomic E-state index is 12.0. The maximum Gasteiger partial charge on any atom is 0.243 e. The normalized spacial score (nSPS) is 11.3. The molecule has 0 atom stereocenters. The molecule has 0 aliphatic heterocycles. The number of nitrogen functional groups attached to an aromatic ring is 1. The summed E-state index contributed by atoms with van der Waals surface area (Å²) in [7, 11) is -2.02. The quantitative estimate of drug-likeness (QED) is 0.808. The predicted octanol–water partition coefficient (Wildman–Crippen LogP) is 0.588. The number of ether oxygens (including phenoxy) is 1. The van der Waals surface area contributed by atoms with E-state index in [0.717, 1.165) is 11.3 Å². The van der Waals surface area contributed by atoms with Crippen LogP contribution in [0.2, 0.25) is 0 Å². The smallest absolute Gasteiger partial charge is 0.243 e. The van der Waals surface area contributed by atoms with Crippen molar-refractivity contribution in [1.82, 2.24) is 14.7 Å². The summed E-state index contributed by atoms with van der Waals surface area (Å²) in [5.74, 6) is 0.797. The Bertz CT molecular complexity index is 684. The zero-order chi connectivity index (χ0) is 15.3. The van der Waals surface area contributed by atoms with Crippen molar-refractivity contribution >= 4 is 16.0 Å². The van der Waals surface area contributed by atoms with Crippen molar-refractivity contribution in [3.05, 3.63) is 42.2 Å². The first kappa shape index (κ1) is 15.2. The molecule has 0 aliphatic carbocycles. The number of benzene rings is 1. The van der Waals surface area contributed by atoms with Crippen molar-refractivity contribution in [3.63, 3.8) is 0 Å². The molecule has 0 amide bonds. The second-order valence-corrected chi connectivity index (χ2v) is 6.04. The zero-order valence-electron chi connectivity index (χ0n) is 11.5. The highest BCUT2D eigenvalue weighted by Crippen LogP contribution is 2.12. The Morgan fingerprint density at radius 1 is 1.19 bits per heavy atom. The van der Waals surface area contributed by atoms with Gasteiger partial charge in [0, 0.05) is 6.54 Å². The fourth-order valence-electron chi connectivity index (χ4n) is 1.67. The van der Waals surface area contributed by atoms with E-state index in [9.17, 15) is 8.42 Å². The van der Waals surface area contributed by atoms with Crippen LogP contribution in [-0.4, -0.2) is 32.0 Å². The Morgan fingerprint density at radius 3 is 2.38 bits per heavy atom. The van der Waals surface area contributed by atoms with Gasteiger partial charge in [-0.15, -0.1) is 0 Å². The van der Waals surface area contributed by atoms with Gasteiger partial charge in [0.1, 0.15) is 10.6 Å². The zero-order valence-corrected chi connectivity index (χ0v) is 12.3. The third kappa shape index (κ3) is 4.14. The molecule has 3 N–H and O–H groups in total. The maximum atomic E-state index is 12.0. The number of sulfonamides is 1. The van der Waals surface area contributed by atoms with Gasteiger partial charge in [0.2, 0.25) is 16.0 Å². The van der Waals surface area contributed by atoms with E-state index in [1.54, 1.807) is 7.11 Å². The summed E-state index contributed by atoms with van der Waals surface area (Å²) in [6.07, 6.45) is 2.93. The molecule has 0 bridgehead atoms. The van der Waals surface area contributed by atoms with Crippen LogP contribution < -0.4 is 15.2 Å². The summed E-state index contributed by atoms with van der Waals surface area (Å²) in [5, 5.41) is 0. The second-order valence-electron chi connectivity index (χ2n) is 4.27. The highest BCUT2D eigenvalue weighted by Gasteiger charge is 2.14. The van der Waals surface area contributed by atoms with Crippen LogP contribution in [0, 0.1) is 0 Å². The molecular weight excluding hydrogens is 292 g/mol. The Morgan fingerprint density at radius 2 is 1.81 bits per heavy atom. The van der Waals surface area contributed by atoms with Gasteiger partial charge in [0.25, 0.3) is 0 Å². The molecule has 2 aromatic rings. The van der Waals surface area contributed by atoms with E-state index >= 15 is 0 Å². The minimum absolute atomic E-state index is 0.00793. The Kier molecular flexibility index (Phi) is 4.71. The average molecular weight is 308 g/mol. The molecule has 0 spiro atoms. The minimum Gasteiger partial charge on any atom is -0.497 e. The fourth-order valence-corrected chi connectivity index (χ4v) is 2.59. The van der Waals surface area contributed by atoms with Crippen LogP contribution in [0.5, 0.6) is 5.75 Å². The van der Waals surface area contributed by atoms with Crippen LogP contribution in [0.3, 0.4) is 0 Å². The molecule has 0 saturated carbocycles. The lowest BCUT2D eigenvalue weighted by Gasteiger charge is -2.07. The number of nitrogens with two attached hydrogens (primary N) is 1. The van der Waals surface area contributed by atoms with E-state index in [2.05, 4.69) is 14.7 Å². The first-order chi connectivity index (χ1) is 10.0. The van der Waals surface area contributed by atoms with Crippen LogP contribution in [0.15, 0.2) is 41.6 Å². The molecule has 1 heterocycles. The number of rotatable bonds is 6. The van der Waals surface area contributed by atoms with E-state index in [0.29, 0.717) is 6.42 Å². The van der Waals surface area contributed by atoms with Gasteiger partial charge in [-0.05, 0) is 24.1 Å². The van der Waals surface area contributed by atoms with Crippen molar-refractivity contribution < 1.29 is 13.2 Å². The Hall–Kier alpha value is -2.19. The summed E-state index contributed by atoms with van der Waals surface area (Å²) in [6, 6.07) is 7.44. The third-order valence-corrected chi connectivity index (χ3v) is 4.24. The first-order valence-corrected chi connectivity index (χ1v) is 7.70. The molecule has 0 aliphatic rings. The fraction of sp³-hybridized carbons (Fsp3) is 0.231. The summed E-state index contributed by atoms with van der Waals surface area (Å²) in [5.41, 5.74) is 6.33. The van der Waals surface area contributed by atoms with Crippen molar-refractivity contribution in [2.24, 2.45) is 0 Å². The summed E-state index contributed by atoms with van der Waals surface area (Å²) >= 11 is 0. The number of aromatic nitrogens is 2. The molecule has 0 fully saturated rings. The third-order valence-electron chi connectivity index (χ3n) is 2.82. The lowest BCUT2D eigenvalue weighted by Crippen LogP contribution is -2.26. The average Bonchev–Trinajstić information content (AvgIpc) is 2.48. The molecule has 8 heteroatoms. The van der Waals surface area contributed by atoms with E-state index in [1.165, 1.54) is 12.4 Å². The lowest BCUT2D eigenvalue weighted by atomic mass is 10.1. The molecule has 2 rings (SSSR count). The summed E-state index contributed by atoms with van der Waals surface area (Å²) < 4.78 is 31.5. The van der Waals surface area contributed by atoms with Gasteiger partial charge in [0.05, 0.1) is 19.5 Å². The van der Waals surface area contributed by atoms with Gasteiger partial charge in [-0.2, -0.15) is 0 Å². The number of hydrogen-bond acceptors (Lipinski definition) is 6. The first-order valence-electron chi connectivity index (χ1n) is 6.21. The Balaban J connectivity index is 1.93. The summed E-state index contributed by atoms with van der Waals surface area (Å²) in [4.78, 5) is 7.32. The number of methoxy groups -OCH3 is 1. The van der Waals surface area contributed by atoms with Gasteiger partial charge in [-0.3, -0.25) is 0 Å². The number of anilines is 1. The van der Waals surface area contributed by atoms with Crippen molar-refractivity contribution in [2.45, 2.75) is 11.3 Å². The molecule has 21 heavy (non-hydrogen) atoms. The van der Waals surface area contributed by atoms with E-state index in [-0.39, 0.29) is 17.4 Å². The minimum atomic E-state index is -3.62. The van der Waals surface area contributed by atoms with Gasteiger partial charge in [-0.25, -0.2) is 23.1 Å². The highest BCUT2D eigenvalue weighted by atomic mass is 32.2. The van der Waals surface area contributed by atoms with E-state index in [1.807, 2.05) is 24.3 Å². The Labute approximate surface area is 123 Å². The largest absolute Gasteiger partial charge is 0.497 e. The lowest BCUT2D eigenvalue weighted by molar-refractivity contribution is 0.414. The number of nitrogens with one attached hydrogen (secondary N) is 1. The molecule has 1 aromatic heterocycles. The molecule has 0 saturated heterocycles. The van der Waals surface area contributed by atoms with Crippen LogP contribution in [0.4, 0.5) is 5.95 Å². The SMILES string of the molecule is COc1ccc(CCNS(=O)(=O)c2cnc(N)nc2)cc1. The highest BCUT2D eigenvalue weighted by molar-refractivity contribution is 7.89.